The van der Waals surface area contributed by atoms with E-state index in [1.54, 1.807) is 12.1 Å². The second-order valence-electron chi connectivity index (χ2n) is 15.0. The molecule has 5 heteroatoms. The van der Waals surface area contributed by atoms with Crippen LogP contribution in [0.3, 0.4) is 0 Å². The van der Waals surface area contributed by atoms with Crippen molar-refractivity contribution in [2.24, 2.45) is 0 Å². The van der Waals surface area contributed by atoms with Crippen LogP contribution in [0.1, 0.15) is 114 Å². The molecule has 3 aromatic carbocycles. The second-order valence-corrected chi connectivity index (χ2v) is 15.0. The average molecular weight is 614 g/mol. The number of benzene rings is 3. The molecule has 0 aliphatic carbocycles. The Morgan fingerprint density at radius 3 is 1.83 bits per heavy atom. The Bertz CT molecular complexity index is 2140. The Kier molecular flexibility index (Phi) is 6.94. The van der Waals surface area contributed by atoms with E-state index in [0.717, 1.165) is 44.8 Å². The molecule has 0 unspecified atom stereocenters. The minimum absolute atomic E-state index is 0.208. The fraction of sp³-hybridized carbons (Fsp3) is 0.366. The number of pyridine rings is 1. The minimum atomic E-state index is -2.29. The van der Waals surface area contributed by atoms with E-state index in [9.17, 15) is 0 Å². The Balaban J connectivity index is 1.56. The first-order chi connectivity index (χ1) is 22.8. The Morgan fingerprint density at radius 1 is 0.674 bits per heavy atom. The SMILES string of the molecule is [2H]C([2H])([2H])c1cccc2c1oc1c(-c3cc(-c4c(C(C)C)cc(-c5nc(C(C)(C)C)nc(C(C)(C)C)n5)cc4C(C)C)ccn3)cccc12. The van der Waals surface area contributed by atoms with Gasteiger partial charge in [-0.1, -0.05) is 99.6 Å². The van der Waals surface area contributed by atoms with Crippen molar-refractivity contribution < 1.29 is 8.53 Å². The minimum Gasteiger partial charge on any atom is -0.455 e. The van der Waals surface area contributed by atoms with Crippen LogP contribution in [0.15, 0.2) is 71.3 Å². The number of furan rings is 1. The van der Waals surface area contributed by atoms with Crippen LogP contribution in [-0.2, 0) is 10.8 Å². The van der Waals surface area contributed by atoms with Gasteiger partial charge in [0.25, 0.3) is 0 Å². The van der Waals surface area contributed by atoms with Gasteiger partial charge in [-0.2, -0.15) is 0 Å². The third-order valence-corrected chi connectivity index (χ3v) is 8.53. The molecule has 0 saturated carbocycles. The Labute approximate surface area is 277 Å². The van der Waals surface area contributed by atoms with Gasteiger partial charge in [-0.15, -0.1) is 0 Å². The molecule has 0 spiro atoms. The predicted octanol–water partition coefficient (Wildman–Crippen LogP) is 11.3. The zero-order valence-corrected chi connectivity index (χ0v) is 28.7. The van der Waals surface area contributed by atoms with Gasteiger partial charge < -0.3 is 4.42 Å². The highest BCUT2D eigenvalue weighted by Crippen LogP contribution is 2.42. The van der Waals surface area contributed by atoms with Gasteiger partial charge in [0.15, 0.2) is 5.82 Å². The third kappa shape index (κ3) is 5.72. The Morgan fingerprint density at radius 2 is 1.26 bits per heavy atom. The summed E-state index contributed by atoms with van der Waals surface area (Å²) in [6.45, 7) is 19.4. The van der Waals surface area contributed by atoms with Gasteiger partial charge in [-0.05, 0) is 76.8 Å². The molecule has 6 aromatic rings. The van der Waals surface area contributed by atoms with Crippen LogP contribution < -0.4 is 0 Å². The van der Waals surface area contributed by atoms with E-state index in [4.69, 9.17) is 28.5 Å². The number of para-hydroxylation sites is 2. The number of aryl methyl sites for hydroxylation is 1. The smallest absolute Gasteiger partial charge is 0.163 e. The van der Waals surface area contributed by atoms with Crippen molar-refractivity contribution in [2.45, 2.75) is 98.8 Å². The van der Waals surface area contributed by atoms with Crippen LogP contribution in [0.2, 0.25) is 0 Å². The number of rotatable bonds is 5. The molecule has 3 heterocycles. The molecule has 0 aliphatic heterocycles. The van der Waals surface area contributed by atoms with Crippen molar-refractivity contribution in [1.82, 2.24) is 19.9 Å². The lowest BCUT2D eigenvalue weighted by atomic mass is 9.83. The predicted molar refractivity (Wildman–Crippen MR) is 192 cm³/mol. The van der Waals surface area contributed by atoms with Crippen LogP contribution >= 0.6 is 0 Å². The summed E-state index contributed by atoms with van der Waals surface area (Å²) in [5.74, 6) is 2.70. The van der Waals surface area contributed by atoms with Gasteiger partial charge in [0.05, 0.1) is 5.69 Å². The highest BCUT2D eigenvalue weighted by atomic mass is 16.3. The summed E-state index contributed by atoms with van der Waals surface area (Å²) in [6, 6.07) is 19.9. The molecule has 236 valence electrons. The molecule has 0 aliphatic rings. The first-order valence-corrected chi connectivity index (χ1v) is 16.2. The maximum absolute atomic E-state index is 8.07. The van der Waals surface area contributed by atoms with E-state index in [2.05, 4.69) is 93.5 Å². The lowest BCUT2D eigenvalue weighted by molar-refractivity contribution is 0.497. The number of aromatic nitrogens is 4. The van der Waals surface area contributed by atoms with E-state index >= 15 is 0 Å². The first kappa shape index (κ1) is 27.9. The first-order valence-electron chi connectivity index (χ1n) is 17.7. The maximum Gasteiger partial charge on any atom is 0.163 e. The largest absolute Gasteiger partial charge is 0.455 e. The molecular weight excluding hydrogens is 564 g/mol. The van der Waals surface area contributed by atoms with Crippen molar-refractivity contribution in [1.29, 1.82) is 0 Å². The zero-order valence-electron chi connectivity index (χ0n) is 31.7. The van der Waals surface area contributed by atoms with Crippen LogP contribution in [0.4, 0.5) is 0 Å². The number of hydrogen-bond acceptors (Lipinski definition) is 5. The van der Waals surface area contributed by atoms with Crippen molar-refractivity contribution >= 4 is 21.9 Å². The van der Waals surface area contributed by atoms with Gasteiger partial charge in [0.1, 0.15) is 22.8 Å². The maximum atomic E-state index is 8.07. The summed E-state index contributed by atoms with van der Waals surface area (Å²) in [6.07, 6.45) is 1.85. The van der Waals surface area contributed by atoms with Gasteiger partial charge in [-0.25, -0.2) is 15.0 Å². The zero-order chi connectivity index (χ0) is 35.6. The lowest BCUT2D eigenvalue weighted by Gasteiger charge is -2.24. The molecule has 0 radical (unpaired) electrons. The number of nitrogens with zero attached hydrogens (tertiary/aromatic N) is 4. The summed E-state index contributed by atoms with van der Waals surface area (Å²) >= 11 is 0. The van der Waals surface area contributed by atoms with Crippen molar-refractivity contribution in [3.63, 3.8) is 0 Å². The summed E-state index contributed by atoms with van der Waals surface area (Å²) < 4.78 is 30.6. The van der Waals surface area contributed by atoms with Gasteiger partial charge >= 0.3 is 0 Å². The summed E-state index contributed by atoms with van der Waals surface area (Å²) in [5.41, 5.74) is 7.97. The quantitative estimate of drug-likeness (QED) is 0.193. The number of hydrogen-bond donors (Lipinski definition) is 0. The molecule has 5 nitrogen and oxygen atoms in total. The fourth-order valence-corrected chi connectivity index (χ4v) is 5.99. The molecule has 0 amide bonds. The van der Waals surface area contributed by atoms with Gasteiger partial charge in [0.2, 0.25) is 0 Å². The van der Waals surface area contributed by atoms with E-state index in [0.29, 0.717) is 17.0 Å². The molecule has 3 aromatic heterocycles. The van der Waals surface area contributed by atoms with Crippen molar-refractivity contribution in [2.75, 3.05) is 0 Å². The Hall–Kier alpha value is -4.38. The number of fused-ring (bicyclic) bond motifs is 3. The molecular formula is C41H46N4O. The van der Waals surface area contributed by atoms with Gasteiger partial charge in [0, 0.05) is 43.0 Å². The molecule has 0 N–H and O–H groups in total. The van der Waals surface area contributed by atoms with Crippen LogP contribution in [0.25, 0.3) is 55.7 Å². The molecule has 6 rings (SSSR count). The topological polar surface area (TPSA) is 64.7 Å². The molecule has 0 fully saturated rings. The van der Waals surface area contributed by atoms with Crippen LogP contribution in [-0.4, -0.2) is 19.9 Å². The summed E-state index contributed by atoms with van der Waals surface area (Å²) in [4.78, 5) is 19.8. The van der Waals surface area contributed by atoms with E-state index < -0.39 is 6.85 Å². The van der Waals surface area contributed by atoms with Gasteiger partial charge in [-0.3, -0.25) is 4.98 Å². The average Bonchev–Trinajstić information content (AvgIpc) is 3.41. The van der Waals surface area contributed by atoms with Crippen molar-refractivity contribution in [3.05, 3.63) is 95.2 Å². The van der Waals surface area contributed by atoms with Crippen LogP contribution in [0.5, 0.6) is 0 Å². The summed E-state index contributed by atoms with van der Waals surface area (Å²) in [5, 5.41) is 1.64. The summed E-state index contributed by atoms with van der Waals surface area (Å²) in [7, 11) is 0. The standard InChI is InChI=1S/C41H46N4O/c1-23(2)31-20-27(37-43-38(40(6,7)8)45-39(44-37)41(9,10)11)21-32(24(3)4)34(31)26-18-19-42-33(22-26)30-17-13-16-29-28-15-12-14-25(5)35(28)46-36(29)30/h12-24H,1-11H3/i5D3. The highest BCUT2D eigenvalue weighted by molar-refractivity contribution is 6.10. The highest BCUT2D eigenvalue weighted by Gasteiger charge is 2.27. The molecule has 46 heavy (non-hydrogen) atoms. The monoisotopic (exact) mass is 613 g/mol. The molecule has 0 bridgehead atoms. The van der Waals surface area contributed by atoms with E-state index in [1.807, 2.05) is 30.5 Å². The van der Waals surface area contributed by atoms with Crippen LogP contribution in [0, 0.1) is 6.85 Å². The normalized spacial score (nSPS) is 13.9. The van der Waals surface area contributed by atoms with E-state index in [-0.39, 0.29) is 28.2 Å². The van der Waals surface area contributed by atoms with Crippen molar-refractivity contribution in [3.8, 4) is 33.8 Å². The second kappa shape index (κ2) is 11.5. The fourth-order valence-electron chi connectivity index (χ4n) is 5.99. The van der Waals surface area contributed by atoms with E-state index in [1.165, 1.54) is 16.7 Å². The third-order valence-electron chi connectivity index (χ3n) is 8.53. The lowest BCUT2D eigenvalue weighted by Crippen LogP contribution is -2.24. The molecule has 0 saturated heterocycles. The molecule has 0 atom stereocenters.